The van der Waals surface area contributed by atoms with Crippen molar-refractivity contribution in [3.63, 3.8) is 0 Å². The van der Waals surface area contributed by atoms with Crippen LogP contribution in [0.25, 0.3) is 0 Å². The monoisotopic (exact) mass is 373 g/mol. The van der Waals surface area contributed by atoms with E-state index in [-0.39, 0.29) is 9.99 Å². The van der Waals surface area contributed by atoms with Gasteiger partial charge in [-0.1, -0.05) is 0 Å². The molecule has 1 N–H and O–H groups in total. The molecule has 0 aliphatic carbocycles. The highest BCUT2D eigenvalue weighted by Crippen LogP contribution is 2.31. The van der Waals surface area contributed by atoms with Crippen LogP contribution in [0.1, 0.15) is 22.8 Å². The summed E-state index contributed by atoms with van der Waals surface area (Å²) < 4.78 is 27.9. The standard InChI is InChI=1S/C13H12BrNO3S2/c1-8-7-12(19-13(8)14)20(17,18)15-11-5-3-10(4-6-11)9(2)16/h3-7,15H,1-2H3. The maximum atomic E-state index is 12.2. The number of anilines is 1. The number of ketones is 1. The van der Waals surface area contributed by atoms with Crippen molar-refractivity contribution in [2.24, 2.45) is 0 Å². The molecule has 20 heavy (non-hydrogen) atoms. The van der Waals surface area contributed by atoms with E-state index in [9.17, 15) is 13.2 Å². The molecule has 0 bridgehead atoms. The van der Waals surface area contributed by atoms with Gasteiger partial charge in [0.25, 0.3) is 10.0 Å². The zero-order valence-electron chi connectivity index (χ0n) is 10.8. The van der Waals surface area contributed by atoms with Crippen molar-refractivity contribution in [2.75, 3.05) is 4.72 Å². The molecule has 4 nitrogen and oxygen atoms in total. The molecule has 0 radical (unpaired) electrons. The predicted molar refractivity (Wildman–Crippen MR) is 84.0 cm³/mol. The molecular weight excluding hydrogens is 362 g/mol. The van der Waals surface area contributed by atoms with E-state index in [1.54, 1.807) is 30.3 Å². The lowest BCUT2D eigenvalue weighted by atomic mass is 10.1. The maximum absolute atomic E-state index is 12.2. The van der Waals surface area contributed by atoms with E-state index in [0.717, 1.165) is 20.7 Å². The van der Waals surface area contributed by atoms with Crippen molar-refractivity contribution in [1.29, 1.82) is 0 Å². The van der Waals surface area contributed by atoms with Crippen molar-refractivity contribution < 1.29 is 13.2 Å². The van der Waals surface area contributed by atoms with Gasteiger partial charge in [0, 0.05) is 11.3 Å². The SMILES string of the molecule is CC(=O)c1ccc(NS(=O)(=O)c2cc(C)c(Br)s2)cc1. The van der Waals surface area contributed by atoms with Crippen molar-refractivity contribution in [3.05, 3.63) is 45.2 Å². The Morgan fingerprint density at radius 2 is 1.85 bits per heavy atom. The molecule has 0 atom stereocenters. The van der Waals surface area contributed by atoms with Gasteiger partial charge in [0.05, 0.1) is 3.79 Å². The Labute approximate surface area is 130 Å². The van der Waals surface area contributed by atoms with Crippen LogP contribution >= 0.6 is 27.3 Å². The van der Waals surface area contributed by atoms with Crippen molar-refractivity contribution in [1.82, 2.24) is 0 Å². The molecule has 0 aliphatic heterocycles. The minimum Gasteiger partial charge on any atom is -0.295 e. The number of Topliss-reactive ketones (excluding diaryl/α,β-unsaturated/α-hetero) is 1. The van der Waals surface area contributed by atoms with E-state index in [2.05, 4.69) is 20.7 Å². The topological polar surface area (TPSA) is 63.2 Å². The molecule has 0 saturated heterocycles. The third-order valence-electron chi connectivity index (χ3n) is 2.64. The number of nitrogens with one attached hydrogen (secondary N) is 1. The second-order valence-electron chi connectivity index (χ2n) is 4.26. The first-order chi connectivity index (χ1) is 9.29. The summed E-state index contributed by atoms with van der Waals surface area (Å²) in [6.45, 7) is 3.30. The number of hydrogen-bond acceptors (Lipinski definition) is 4. The molecule has 0 saturated carbocycles. The van der Waals surface area contributed by atoms with E-state index in [1.807, 2.05) is 6.92 Å². The molecule has 0 spiro atoms. The van der Waals surface area contributed by atoms with Crippen LogP contribution in [-0.4, -0.2) is 14.2 Å². The van der Waals surface area contributed by atoms with Gasteiger partial charge in [0.15, 0.2) is 5.78 Å². The van der Waals surface area contributed by atoms with E-state index >= 15 is 0 Å². The molecule has 1 aromatic heterocycles. The van der Waals surface area contributed by atoms with Gasteiger partial charge in [-0.15, -0.1) is 11.3 Å². The maximum Gasteiger partial charge on any atom is 0.271 e. The molecule has 106 valence electrons. The van der Waals surface area contributed by atoms with Gasteiger partial charge in [-0.05, 0) is 65.7 Å². The highest BCUT2D eigenvalue weighted by molar-refractivity contribution is 9.11. The number of halogens is 1. The molecule has 1 aromatic carbocycles. The third kappa shape index (κ3) is 3.28. The number of thiophene rings is 1. The molecule has 2 aromatic rings. The molecule has 0 aliphatic rings. The lowest BCUT2D eigenvalue weighted by Gasteiger charge is -2.06. The number of hydrogen-bond donors (Lipinski definition) is 1. The zero-order valence-corrected chi connectivity index (χ0v) is 14.0. The Kier molecular flexibility index (Phi) is 4.31. The Morgan fingerprint density at radius 3 is 2.30 bits per heavy atom. The minimum atomic E-state index is -3.59. The molecule has 0 amide bonds. The van der Waals surface area contributed by atoms with Crippen LogP contribution in [0, 0.1) is 6.92 Å². The minimum absolute atomic E-state index is 0.0581. The number of aryl methyl sites for hydroxylation is 1. The van der Waals surface area contributed by atoms with Crippen LogP contribution in [0.2, 0.25) is 0 Å². The number of carbonyl (C=O) groups excluding carboxylic acids is 1. The van der Waals surface area contributed by atoms with Crippen LogP contribution < -0.4 is 4.72 Å². The fourth-order valence-corrected chi connectivity index (χ4v) is 4.83. The van der Waals surface area contributed by atoms with Crippen LogP contribution in [0.4, 0.5) is 5.69 Å². The summed E-state index contributed by atoms with van der Waals surface area (Å²) >= 11 is 4.47. The molecule has 7 heteroatoms. The molecule has 0 fully saturated rings. The number of benzene rings is 1. The summed E-state index contributed by atoms with van der Waals surface area (Å²) in [5.41, 5.74) is 1.85. The highest BCUT2D eigenvalue weighted by atomic mass is 79.9. The first-order valence-electron chi connectivity index (χ1n) is 5.69. The van der Waals surface area contributed by atoms with Crippen molar-refractivity contribution in [3.8, 4) is 0 Å². The first-order valence-corrected chi connectivity index (χ1v) is 8.78. The van der Waals surface area contributed by atoms with E-state index in [1.165, 1.54) is 6.92 Å². The van der Waals surface area contributed by atoms with Gasteiger partial charge in [-0.3, -0.25) is 9.52 Å². The summed E-state index contributed by atoms with van der Waals surface area (Å²) in [5.74, 6) is -0.0581. The smallest absolute Gasteiger partial charge is 0.271 e. The summed E-state index contributed by atoms with van der Waals surface area (Å²) in [7, 11) is -3.59. The summed E-state index contributed by atoms with van der Waals surface area (Å²) in [6.07, 6.45) is 0. The van der Waals surface area contributed by atoms with Crippen LogP contribution in [0.3, 0.4) is 0 Å². The van der Waals surface area contributed by atoms with Gasteiger partial charge < -0.3 is 0 Å². The second-order valence-corrected chi connectivity index (χ2v) is 8.54. The van der Waals surface area contributed by atoms with Crippen LogP contribution in [-0.2, 0) is 10.0 Å². The van der Waals surface area contributed by atoms with Gasteiger partial charge in [0.2, 0.25) is 0 Å². The third-order valence-corrected chi connectivity index (χ3v) is 6.63. The first kappa shape index (κ1) is 15.2. The fraction of sp³-hybridized carbons (Fsp3) is 0.154. The van der Waals surface area contributed by atoms with Gasteiger partial charge in [0.1, 0.15) is 4.21 Å². The average molecular weight is 374 g/mol. The quantitative estimate of drug-likeness (QED) is 0.828. The Hall–Kier alpha value is -1.18. The lowest BCUT2D eigenvalue weighted by molar-refractivity contribution is 0.101. The Balaban J connectivity index is 2.26. The highest BCUT2D eigenvalue weighted by Gasteiger charge is 2.18. The van der Waals surface area contributed by atoms with Crippen molar-refractivity contribution in [2.45, 2.75) is 18.1 Å². The molecular formula is C13H12BrNO3S2. The average Bonchev–Trinajstić information content (AvgIpc) is 2.71. The predicted octanol–water partition coefficient (Wildman–Crippen LogP) is 3.82. The number of sulfonamides is 1. The van der Waals surface area contributed by atoms with E-state index < -0.39 is 10.0 Å². The van der Waals surface area contributed by atoms with E-state index in [4.69, 9.17) is 0 Å². The number of rotatable bonds is 4. The van der Waals surface area contributed by atoms with Crippen LogP contribution in [0.5, 0.6) is 0 Å². The summed E-state index contributed by atoms with van der Waals surface area (Å²) in [6, 6.07) is 7.94. The van der Waals surface area contributed by atoms with Gasteiger partial charge >= 0.3 is 0 Å². The van der Waals surface area contributed by atoms with Gasteiger partial charge in [-0.2, -0.15) is 0 Å². The van der Waals surface area contributed by atoms with Crippen LogP contribution in [0.15, 0.2) is 38.3 Å². The Morgan fingerprint density at radius 1 is 1.25 bits per heavy atom. The zero-order chi connectivity index (χ0) is 14.9. The summed E-state index contributed by atoms with van der Waals surface area (Å²) in [5, 5.41) is 0. The fourth-order valence-electron chi connectivity index (χ4n) is 1.54. The normalized spacial score (nSPS) is 11.3. The lowest BCUT2D eigenvalue weighted by Crippen LogP contribution is -2.11. The molecule has 2 rings (SSSR count). The Bertz CT molecular complexity index is 729. The molecule has 1 heterocycles. The summed E-state index contributed by atoms with van der Waals surface area (Å²) in [4.78, 5) is 11.2. The second kappa shape index (κ2) is 5.67. The largest absolute Gasteiger partial charge is 0.295 e. The van der Waals surface area contributed by atoms with Gasteiger partial charge in [-0.25, -0.2) is 8.42 Å². The van der Waals surface area contributed by atoms with E-state index in [0.29, 0.717) is 11.3 Å². The number of carbonyl (C=O) groups is 1. The van der Waals surface area contributed by atoms with Crippen molar-refractivity contribution >= 4 is 48.8 Å². The molecule has 0 unspecified atom stereocenters.